The SMILES string of the molecule is N#Cc1ccc2c(c1)c1ccccc1n2-c1cc(-c2ccccc2-n2c3ccccc3c3ccccc32)c(-c2ccccc2)cc1C#N. The first-order chi connectivity index (χ1) is 23.7. The predicted octanol–water partition coefficient (Wildman–Crippen LogP) is 11.0. The lowest BCUT2D eigenvalue weighted by atomic mass is 9.90. The predicted molar refractivity (Wildman–Crippen MR) is 195 cm³/mol. The van der Waals surface area contributed by atoms with Gasteiger partial charge in [0.1, 0.15) is 6.07 Å². The standard InChI is InChI=1S/C44H26N4/c45-27-29-22-23-43-38(24-29)35-17-7-11-21-42(35)48(43)44-26-37(36(25-31(44)28-46)30-12-2-1-3-13-30)34-16-6-10-20-41(34)47-39-18-8-4-14-32(39)33-15-5-9-19-40(33)47/h1-26H. The smallest absolute Gasteiger partial charge is 0.101 e. The van der Waals surface area contributed by atoms with Crippen LogP contribution in [0.4, 0.5) is 0 Å². The molecule has 0 spiro atoms. The molecule has 9 rings (SSSR count). The summed E-state index contributed by atoms with van der Waals surface area (Å²) in [4.78, 5) is 0. The Labute approximate surface area is 277 Å². The molecular weight excluding hydrogens is 585 g/mol. The first-order valence-electron chi connectivity index (χ1n) is 15.9. The molecule has 0 aliphatic rings. The van der Waals surface area contributed by atoms with Crippen LogP contribution in [-0.2, 0) is 0 Å². The Balaban J connectivity index is 1.41. The molecule has 0 saturated heterocycles. The van der Waals surface area contributed by atoms with Crippen molar-refractivity contribution in [3.05, 3.63) is 169 Å². The van der Waals surface area contributed by atoms with Gasteiger partial charge in [-0.05, 0) is 71.3 Å². The van der Waals surface area contributed by atoms with Gasteiger partial charge in [-0.2, -0.15) is 10.5 Å². The van der Waals surface area contributed by atoms with Crippen LogP contribution in [0.3, 0.4) is 0 Å². The number of fused-ring (bicyclic) bond motifs is 6. The summed E-state index contributed by atoms with van der Waals surface area (Å²) < 4.78 is 4.53. The summed E-state index contributed by atoms with van der Waals surface area (Å²) in [5.74, 6) is 0. The van der Waals surface area contributed by atoms with Crippen LogP contribution in [-0.4, -0.2) is 9.13 Å². The molecule has 0 unspecified atom stereocenters. The highest BCUT2D eigenvalue weighted by molar-refractivity contribution is 6.11. The van der Waals surface area contributed by atoms with Gasteiger partial charge >= 0.3 is 0 Å². The molecule has 2 aromatic heterocycles. The Hall–Kier alpha value is -6.88. The first-order valence-corrected chi connectivity index (χ1v) is 15.9. The second-order valence-corrected chi connectivity index (χ2v) is 12.0. The van der Waals surface area contributed by atoms with Gasteiger partial charge in [-0.1, -0.05) is 103 Å². The number of benzene rings is 7. The summed E-state index contributed by atoms with van der Waals surface area (Å²) in [5, 5.41) is 24.8. The van der Waals surface area contributed by atoms with Crippen LogP contribution in [0, 0.1) is 22.7 Å². The fourth-order valence-electron chi connectivity index (χ4n) is 7.32. The molecule has 0 aliphatic heterocycles. The maximum atomic E-state index is 10.7. The Morgan fingerprint density at radius 2 is 0.917 bits per heavy atom. The fraction of sp³-hybridized carbons (Fsp3) is 0. The second-order valence-electron chi connectivity index (χ2n) is 12.0. The lowest BCUT2D eigenvalue weighted by Crippen LogP contribution is -2.02. The van der Waals surface area contributed by atoms with E-state index in [2.05, 4.69) is 124 Å². The number of para-hydroxylation sites is 4. The molecule has 9 aromatic rings. The van der Waals surface area contributed by atoms with E-state index in [1.807, 2.05) is 54.6 Å². The molecule has 4 heteroatoms. The van der Waals surface area contributed by atoms with Gasteiger partial charge in [0.2, 0.25) is 0 Å². The number of rotatable bonds is 4. The van der Waals surface area contributed by atoms with Crippen LogP contribution >= 0.6 is 0 Å². The fourth-order valence-corrected chi connectivity index (χ4v) is 7.32. The minimum Gasteiger partial charge on any atom is -0.309 e. The molecule has 0 aliphatic carbocycles. The van der Waals surface area contributed by atoms with Gasteiger partial charge in [0, 0.05) is 27.1 Å². The highest BCUT2D eigenvalue weighted by Gasteiger charge is 2.22. The van der Waals surface area contributed by atoms with E-state index < -0.39 is 0 Å². The normalized spacial score (nSPS) is 11.3. The Bertz CT molecular complexity index is 2750. The van der Waals surface area contributed by atoms with Gasteiger partial charge in [-0.15, -0.1) is 0 Å². The molecule has 4 nitrogen and oxygen atoms in total. The van der Waals surface area contributed by atoms with Gasteiger partial charge in [0.15, 0.2) is 0 Å². The number of hydrogen-bond donors (Lipinski definition) is 0. The van der Waals surface area contributed by atoms with Gasteiger partial charge in [-0.25, -0.2) is 0 Å². The van der Waals surface area contributed by atoms with Crippen molar-refractivity contribution in [3.8, 4) is 45.8 Å². The third kappa shape index (κ3) is 4.07. The van der Waals surface area contributed by atoms with Crippen molar-refractivity contribution < 1.29 is 0 Å². The van der Waals surface area contributed by atoms with Gasteiger partial charge in [0.05, 0.1) is 50.6 Å². The van der Waals surface area contributed by atoms with E-state index in [4.69, 9.17) is 0 Å². The van der Waals surface area contributed by atoms with Crippen LogP contribution in [0.2, 0.25) is 0 Å². The van der Waals surface area contributed by atoms with E-state index >= 15 is 0 Å². The molecule has 48 heavy (non-hydrogen) atoms. The Morgan fingerprint density at radius 3 is 1.56 bits per heavy atom. The number of nitrogens with zero attached hydrogens (tertiary/aromatic N) is 4. The molecule has 0 N–H and O–H groups in total. The molecule has 0 saturated carbocycles. The zero-order valence-corrected chi connectivity index (χ0v) is 25.8. The van der Waals surface area contributed by atoms with Crippen molar-refractivity contribution in [2.45, 2.75) is 0 Å². The van der Waals surface area contributed by atoms with Crippen molar-refractivity contribution in [2.75, 3.05) is 0 Å². The average Bonchev–Trinajstić information content (AvgIpc) is 3.67. The van der Waals surface area contributed by atoms with Crippen molar-refractivity contribution in [1.29, 1.82) is 10.5 Å². The minimum absolute atomic E-state index is 0.568. The van der Waals surface area contributed by atoms with Crippen LogP contribution in [0.5, 0.6) is 0 Å². The van der Waals surface area contributed by atoms with Crippen LogP contribution < -0.4 is 0 Å². The van der Waals surface area contributed by atoms with E-state index in [0.29, 0.717) is 11.1 Å². The zero-order chi connectivity index (χ0) is 32.2. The number of hydrogen-bond acceptors (Lipinski definition) is 2. The Morgan fingerprint density at radius 1 is 0.375 bits per heavy atom. The van der Waals surface area contributed by atoms with Crippen molar-refractivity contribution >= 4 is 43.6 Å². The molecular formula is C44H26N4. The quantitative estimate of drug-likeness (QED) is 0.199. The maximum Gasteiger partial charge on any atom is 0.101 e. The number of aromatic nitrogens is 2. The summed E-state index contributed by atoms with van der Waals surface area (Å²) in [7, 11) is 0. The molecule has 222 valence electrons. The van der Waals surface area contributed by atoms with Crippen molar-refractivity contribution in [3.63, 3.8) is 0 Å². The topological polar surface area (TPSA) is 57.4 Å². The summed E-state index contributed by atoms with van der Waals surface area (Å²) in [6, 6.07) is 59.0. The molecule has 0 amide bonds. The zero-order valence-electron chi connectivity index (χ0n) is 25.8. The minimum atomic E-state index is 0.568. The molecule has 2 heterocycles. The lowest BCUT2D eigenvalue weighted by molar-refractivity contribution is 1.16. The third-order valence-corrected chi connectivity index (χ3v) is 9.40. The number of nitriles is 2. The average molecular weight is 611 g/mol. The van der Waals surface area contributed by atoms with E-state index in [1.54, 1.807) is 0 Å². The molecule has 0 radical (unpaired) electrons. The van der Waals surface area contributed by atoms with E-state index in [0.717, 1.165) is 66.5 Å². The maximum absolute atomic E-state index is 10.7. The Kier molecular flexibility index (Phi) is 6.22. The monoisotopic (exact) mass is 610 g/mol. The lowest BCUT2D eigenvalue weighted by Gasteiger charge is -2.20. The summed E-state index contributed by atoms with van der Waals surface area (Å²) >= 11 is 0. The van der Waals surface area contributed by atoms with Gasteiger partial charge in [-0.3, -0.25) is 0 Å². The molecule has 0 atom stereocenters. The van der Waals surface area contributed by atoms with Crippen molar-refractivity contribution in [1.82, 2.24) is 9.13 Å². The van der Waals surface area contributed by atoms with E-state index in [-0.39, 0.29) is 0 Å². The largest absolute Gasteiger partial charge is 0.309 e. The third-order valence-electron chi connectivity index (χ3n) is 9.40. The molecule has 7 aromatic carbocycles. The summed E-state index contributed by atoms with van der Waals surface area (Å²) in [5.41, 5.74) is 11.3. The van der Waals surface area contributed by atoms with Crippen LogP contribution in [0.15, 0.2) is 158 Å². The highest BCUT2D eigenvalue weighted by atomic mass is 15.0. The van der Waals surface area contributed by atoms with Gasteiger partial charge < -0.3 is 9.13 Å². The summed E-state index contributed by atoms with van der Waals surface area (Å²) in [6.45, 7) is 0. The first kappa shape index (κ1) is 27.4. The van der Waals surface area contributed by atoms with Crippen molar-refractivity contribution in [2.24, 2.45) is 0 Å². The van der Waals surface area contributed by atoms with E-state index in [9.17, 15) is 10.5 Å². The molecule has 0 bridgehead atoms. The van der Waals surface area contributed by atoms with Crippen LogP contribution in [0.25, 0.3) is 77.2 Å². The van der Waals surface area contributed by atoms with Crippen LogP contribution in [0.1, 0.15) is 11.1 Å². The highest BCUT2D eigenvalue weighted by Crippen LogP contribution is 2.43. The van der Waals surface area contributed by atoms with Gasteiger partial charge in [0.25, 0.3) is 0 Å². The molecule has 0 fully saturated rings. The van der Waals surface area contributed by atoms with E-state index in [1.165, 1.54) is 10.8 Å². The summed E-state index contributed by atoms with van der Waals surface area (Å²) in [6.07, 6.45) is 0. The second kappa shape index (κ2) is 10.9.